The summed E-state index contributed by atoms with van der Waals surface area (Å²) in [6.45, 7) is 2.61. The maximum Gasteiger partial charge on any atom is 0.387 e. The number of hydrogen-bond donors (Lipinski definition) is 1. The molecule has 0 heterocycles. The molecule has 0 radical (unpaired) electrons. The molecule has 0 unspecified atom stereocenters. The number of ether oxygens (including phenoxy) is 2. The van der Waals surface area contributed by atoms with Gasteiger partial charge in [-0.3, -0.25) is 10.1 Å². The molecule has 0 fully saturated rings. The Kier molecular flexibility index (Phi) is 6.54. The van der Waals surface area contributed by atoms with Gasteiger partial charge in [-0.2, -0.15) is 8.78 Å². The zero-order valence-electron chi connectivity index (χ0n) is 12.1. The van der Waals surface area contributed by atoms with Crippen LogP contribution in [0.25, 0.3) is 0 Å². The molecular formula is C14H18BrF2NO3. The predicted molar refractivity (Wildman–Crippen MR) is 78.3 cm³/mol. The summed E-state index contributed by atoms with van der Waals surface area (Å²) in [5.41, 5.74) is -0.414. The molecule has 0 bridgehead atoms. The summed E-state index contributed by atoms with van der Waals surface area (Å²) in [4.78, 5) is 11.8. The molecule has 0 spiro atoms. The van der Waals surface area contributed by atoms with Crippen LogP contribution in [0, 0.1) is 0 Å². The van der Waals surface area contributed by atoms with Crippen molar-refractivity contribution >= 4 is 21.9 Å². The lowest BCUT2D eigenvalue weighted by Crippen LogP contribution is -2.47. The maximum absolute atomic E-state index is 12.4. The van der Waals surface area contributed by atoms with Crippen molar-refractivity contribution in [3.8, 4) is 5.75 Å². The quantitative estimate of drug-likeness (QED) is 0.751. The number of nitrogens with one attached hydrogen (secondary N) is 1. The van der Waals surface area contributed by atoms with E-state index in [1.807, 2.05) is 0 Å². The number of halogens is 3. The topological polar surface area (TPSA) is 47.6 Å². The lowest BCUT2D eigenvalue weighted by Gasteiger charge is -2.24. The first kappa shape index (κ1) is 17.8. The number of alkyl halides is 2. The van der Waals surface area contributed by atoms with Crippen LogP contribution < -0.4 is 10.1 Å². The van der Waals surface area contributed by atoms with E-state index in [2.05, 4.69) is 26.0 Å². The molecule has 1 aromatic carbocycles. The van der Waals surface area contributed by atoms with Crippen molar-refractivity contribution in [2.45, 2.75) is 39.5 Å². The standard InChI is InChI=1S/C14H18BrF2NO3/c1-4-20-12(19)14(2,3)18-8-9-7-10(15)5-6-11(9)21-13(16)17/h5-7,13,18H,4,8H2,1-3H3. The average molecular weight is 366 g/mol. The van der Waals surface area contributed by atoms with Gasteiger partial charge in [0.05, 0.1) is 6.61 Å². The van der Waals surface area contributed by atoms with Crippen LogP contribution >= 0.6 is 15.9 Å². The van der Waals surface area contributed by atoms with Crippen LogP contribution in [0.4, 0.5) is 8.78 Å². The monoisotopic (exact) mass is 365 g/mol. The first-order valence-corrected chi connectivity index (χ1v) is 7.21. The van der Waals surface area contributed by atoms with Gasteiger partial charge in [-0.25, -0.2) is 0 Å². The van der Waals surface area contributed by atoms with E-state index in [0.717, 1.165) is 4.47 Å². The molecule has 1 rings (SSSR count). The third kappa shape index (κ3) is 5.59. The molecule has 4 nitrogen and oxygen atoms in total. The molecule has 0 aliphatic heterocycles. The molecule has 7 heteroatoms. The first-order valence-electron chi connectivity index (χ1n) is 6.41. The number of benzene rings is 1. The Bertz CT molecular complexity index is 495. The minimum atomic E-state index is -2.90. The zero-order chi connectivity index (χ0) is 16.0. The normalized spacial score (nSPS) is 11.6. The van der Waals surface area contributed by atoms with Gasteiger partial charge in [0.25, 0.3) is 0 Å². The van der Waals surface area contributed by atoms with Gasteiger partial charge >= 0.3 is 12.6 Å². The molecule has 118 valence electrons. The van der Waals surface area contributed by atoms with Gasteiger partial charge in [0.15, 0.2) is 0 Å². The van der Waals surface area contributed by atoms with Gasteiger partial charge in [0.1, 0.15) is 11.3 Å². The van der Waals surface area contributed by atoms with Crippen molar-refractivity contribution in [3.05, 3.63) is 28.2 Å². The molecule has 1 N–H and O–H groups in total. The van der Waals surface area contributed by atoms with Gasteiger partial charge < -0.3 is 9.47 Å². The van der Waals surface area contributed by atoms with Crippen LogP contribution in [-0.4, -0.2) is 24.7 Å². The second-order valence-electron chi connectivity index (χ2n) is 4.83. The molecule has 21 heavy (non-hydrogen) atoms. The van der Waals surface area contributed by atoms with Crippen molar-refractivity contribution in [1.29, 1.82) is 0 Å². The van der Waals surface area contributed by atoms with Crippen molar-refractivity contribution in [2.75, 3.05) is 6.61 Å². The summed E-state index contributed by atoms with van der Waals surface area (Å²) in [5.74, 6) is -0.336. The van der Waals surface area contributed by atoms with E-state index >= 15 is 0 Å². The third-order valence-corrected chi connectivity index (χ3v) is 3.24. The number of rotatable bonds is 7. The predicted octanol–water partition coefficient (Wildman–Crippen LogP) is 3.48. The van der Waals surface area contributed by atoms with E-state index in [-0.39, 0.29) is 18.9 Å². The Balaban J connectivity index is 2.82. The minimum Gasteiger partial charge on any atom is -0.465 e. The van der Waals surface area contributed by atoms with E-state index in [1.54, 1.807) is 32.9 Å². The SMILES string of the molecule is CCOC(=O)C(C)(C)NCc1cc(Br)ccc1OC(F)F. The van der Waals surface area contributed by atoms with Gasteiger partial charge in [-0.05, 0) is 39.0 Å². The fourth-order valence-electron chi connectivity index (χ4n) is 1.60. The Morgan fingerprint density at radius 1 is 1.43 bits per heavy atom. The van der Waals surface area contributed by atoms with Crippen LogP contribution in [0.5, 0.6) is 5.75 Å². The number of esters is 1. The van der Waals surface area contributed by atoms with E-state index < -0.39 is 18.1 Å². The van der Waals surface area contributed by atoms with Gasteiger partial charge in [0, 0.05) is 16.6 Å². The van der Waals surface area contributed by atoms with Crippen LogP contribution in [0.3, 0.4) is 0 Å². The largest absolute Gasteiger partial charge is 0.465 e. The zero-order valence-corrected chi connectivity index (χ0v) is 13.7. The summed E-state index contributed by atoms with van der Waals surface area (Å²) in [5, 5.41) is 2.98. The highest BCUT2D eigenvalue weighted by Gasteiger charge is 2.28. The Morgan fingerprint density at radius 3 is 2.67 bits per heavy atom. The Labute approximate surface area is 130 Å². The fraction of sp³-hybridized carbons (Fsp3) is 0.500. The van der Waals surface area contributed by atoms with Crippen molar-refractivity contribution in [1.82, 2.24) is 5.32 Å². The number of hydrogen-bond acceptors (Lipinski definition) is 4. The molecule has 0 aliphatic carbocycles. The second-order valence-corrected chi connectivity index (χ2v) is 5.75. The van der Waals surface area contributed by atoms with Crippen molar-refractivity contribution in [3.63, 3.8) is 0 Å². The Morgan fingerprint density at radius 2 is 2.10 bits per heavy atom. The minimum absolute atomic E-state index is 0.0698. The third-order valence-electron chi connectivity index (χ3n) is 2.75. The number of carbonyl (C=O) groups is 1. The molecule has 0 aromatic heterocycles. The summed E-state index contributed by atoms with van der Waals surface area (Å²) in [6.07, 6.45) is 0. The summed E-state index contributed by atoms with van der Waals surface area (Å²) in [6, 6.07) is 4.72. The molecular weight excluding hydrogens is 348 g/mol. The summed E-state index contributed by atoms with van der Waals surface area (Å²) >= 11 is 3.27. The fourth-order valence-corrected chi connectivity index (χ4v) is 2.01. The molecule has 1 aromatic rings. The second kappa shape index (κ2) is 7.70. The van der Waals surface area contributed by atoms with Gasteiger partial charge in [0.2, 0.25) is 0 Å². The highest BCUT2D eigenvalue weighted by molar-refractivity contribution is 9.10. The summed E-state index contributed by atoms with van der Waals surface area (Å²) < 4.78 is 34.9. The van der Waals surface area contributed by atoms with Crippen LogP contribution in [-0.2, 0) is 16.1 Å². The van der Waals surface area contributed by atoms with Crippen molar-refractivity contribution < 1.29 is 23.0 Å². The van der Waals surface area contributed by atoms with E-state index in [0.29, 0.717) is 5.56 Å². The smallest absolute Gasteiger partial charge is 0.387 e. The average Bonchev–Trinajstić information content (AvgIpc) is 2.39. The lowest BCUT2D eigenvalue weighted by atomic mass is 10.1. The number of carbonyl (C=O) groups excluding carboxylic acids is 1. The highest BCUT2D eigenvalue weighted by Crippen LogP contribution is 2.25. The van der Waals surface area contributed by atoms with E-state index in [4.69, 9.17) is 4.74 Å². The molecule has 0 atom stereocenters. The maximum atomic E-state index is 12.4. The van der Waals surface area contributed by atoms with Crippen LogP contribution in [0.1, 0.15) is 26.3 Å². The van der Waals surface area contributed by atoms with Gasteiger partial charge in [-0.15, -0.1) is 0 Å². The Hall–Kier alpha value is -1.21. The molecule has 0 amide bonds. The van der Waals surface area contributed by atoms with Crippen LogP contribution in [0.15, 0.2) is 22.7 Å². The highest BCUT2D eigenvalue weighted by atomic mass is 79.9. The van der Waals surface area contributed by atoms with Gasteiger partial charge in [-0.1, -0.05) is 15.9 Å². The summed E-state index contributed by atoms with van der Waals surface area (Å²) in [7, 11) is 0. The lowest BCUT2D eigenvalue weighted by molar-refractivity contribution is -0.149. The molecule has 0 saturated carbocycles. The molecule has 0 aliphatic rings. The van der Waals surface area contributed by atoms with E-state index in [9.17, 15) is 13.6 Å². The van der Waals surface area contributed by atoms with E-state index in [1.165, 1.54) is 6.07 Å². The van der Waals surface area contributed by atoms with Crippen molar-refractivity contribution in [2.24, 2.45) is 0 Å². The first-order chi connectivity index (χ1) is 9.76. The molecule has 0 saturated heterocycles. The van der Waals surface area contributed by atoms with Crippen LogP contribution in [0.2, 0.25) is 0 Å².